The van der Waals surface area contributed by atoms with E-state index in [9.17, 15) is 13.2 Å². The second kappa shape index (κ2) is 9.50. The summed E-state index contributed by atoms with van der Waals surface area (Å²) in [6.07, 6.45) is 5.79. The maximum absolute atomic E-state index is 13.6. The number of carbonyl (C=O) groups is 1. The molecule has 33 heavy (non-hydrogen) atoms. The lowest BCUT2D eigenvalue weighted by molar-refractivity contribution is 0.0701. The molecule has 182 valence electrons. The highest BCUT2D eigenvalue weighted by Crippen LogP contribution is 2.36. The largest absolute Gasteiger partial charge is 0.345 e. The minimum absolute atomic E-state index is 0.0426. The predicted molar refractivity (Wildman–Crippen MR) is 132 cm³/mol. The molecule has 2 aliphatic heterocycles. The minimum Gasteiger partial charge on any atom is -0.345 e. The zero-order valence-electron chi connectivity index (χ0n) is 20.4. The molecule has 4 heterocycles. The minimum atomic E-state index is -3.59. The number of rotatable bonds is 5. The van der Waals surface area contributed by atoms with Gasteiger partial charge in [-0.15, -0.1) is 11.3 Å². The van der Waals surface area contributed by atoms with Crippen LogP contribution in [0.25, 0.3) is 10.7 Å². The van der Waals surface area contributed by atoms with Crippen molar-refractivity contribution in [2.75, 3.05) is 19.6 Å². The molecular formula is C24H36N4O3S2. The first-order chi connectivity index (χ1) is 15.6. The average Bonchev–Trinajstić information content (AvgIpc) is 3.33. The van der Waals surface area contributed by atoms with E-state index in [1.807, 2.05) is 30.4 Å². The Morgan fingerprint density at radius 3 is 2.52 bits per heavy atom. The molecule has 0 bridgehead atoms. The van der Waals surface area contributed by atoms with E-state index in [4.69, 9.17) is 4.98 Å². The second-order valence-electron chi connectivity index (χ2n) is 9.62. The third-order valence-electron chi connectivity index (χ3n) is 7.40. The molecule has 2 saturated heterocycles. The van der Waals surface area contributed by atoms with Crippen molar-refractivity contribution in [2.24, 2.45) is 13.0 Å². The number of amides is 1. The van der Waals surface area contributed by atoms with Gasteiger partial charge in [-0.25, -0.2) is 13.4 Å². The van der Waals surface area contributed by atoms with Crippen LogP contribution in [0.15, 0.2) is 11.0 Å². The van der Waals surface area contributed by atoms with E-state index in [1.165, 1.54) is 11.3 Å². The first kappa shape index (κ1) is 24.4. The van der Waals surface area contributed by atoms with Crippen molar-refractivity contribution < 1.29 is 13.2 Å². The maximum atomic E-state index is 13.6. The van der Waals surface area contributed by atoms with Crippen LogP contribution in [0.5, 0.6) is 0 Å². The highest BCUT2D eigenvalue weighted by Gasteiger charge is 2.35. The molecule has 1 unspecified atom stereocenters. The molecule has 2 aliphatic rings. The van der Waals surface area contributed by atoms with Crippen molar-refractivity contribution in [2.45, 2.75) is 77.2 Å². The number of likely N-dealkylation sites (tertiary alicyclic amines) is 1. The Hall–Kier alpha value is -1.71. The number of aryl methyl sites for hydroxylation is 1. The van der Waals surface area contributed by atoms with Gasteiger partial charge in [0.1, 0.15) is 14.8 Å². The molecule has 7 nitrogen and oxygen atoms in total. The smallest absolute Gasteiger partial charge is 0.265 e. The van der Waals surface area contributed by atoms with Gasteiger partial charge < -0.3 is 9.47 Å². The number of aromatic nitrogens is 2. The number of nitrogens with zero attached hydrogens (tertiary/aromatic N) is 4. The summed E-state index contributed by atoms with van der Waals surface area (Å²) in [5.41, 5.74) is 2.16. The molecule has 0 N–H and O–H groups in total. The Bertz CT molecular complexity index is 1130. The van der Waals surface area contributed by atoms with Crippen molar-refractivity contribution in [3.05, 3.63) is 22.3 Å². The van der Waals surface area contributed by atoms with Crippen molar-refractivity contribution in [1.82, 2.24) is 18.8 Å². The zero-order chi connectivity index (χ0) is 23.9. The molecule has 2 aromatic rings. The third kappa shape index (κ3) is 4.51. The van der Waals surface area contributed by atoms with Crippen LogP contribution in [-0.4, -0.2) is 58.8 Å². The van der Waals surface area contributed by atoms with Gasteiger partial charge in [0.15, 0.2) is 0 Å². The van der Waals surface area contributed by atoms with Gasteiger partial charge in [-0.05, 0) is 57.9 Å². The van der Waals surface area contributed by atoms with Gasteiger partial charge in [0.05, 0.1) is 11.4 Å². The number of piperidine rings is 2. The first-order valence-electron chi connectivity index (χ1n) is 12.1. The number of sulfonamides is 1. The molecule has 4 rings (SSSR count). The normalized spacial score (nSPS) is 21.0. The SMILES string of the molecule is CCC1CCCCN1S(=O)(=O)c1cc(-c2nc(C)c(C(=O)N3CCC(C)CC3)s2)n(C)c1C. The number of carbonyl (C=O) groups excluding carboxylic acids is 1. The van der Waals surface area contributed by atoms with Crippen LogP contribution < -0.4 is 0 Å². The summed E-state index contributed by atoms with van der Waals surface area (Å²) in [6, 6.07) is 1.81. The Morgan fingerprint density at radius 1 is 1.15 bits per heavy atom. The van der Waals surface area contributed by atoms with Crippen LogP contribution in [-0.2, 0) is 17.1 Å². The molecule has 1 amide bonds. The lowest BCUT2D eigenvalue weighted by Gasteiger charge is -2.34. The van der Waals surface area contributed by atoms with E-state index in [0.29, 0.717) is 38.6 Å². The van der Waals surface area contributed by atoms with Crippen LogP contribution in [0.1, 0.15) is 73.4 Å². The highest BCUT2D eigenvalue weighted by molar-refractivity contribution is 7.89. The summed E-state index contributed by atoms with van der Waals surface area (Å²) < 4.78 is 30.8. The van der Waals surface area contributed by atoms with Crippen molar-refractivity contribution in [3.63, 3.8) is 0 Å². The van der Waals surface area contributed by atoms with Gasteiger partial charge in [-0.1, -0.05) is 20.3 Å². The maximum Gasteiger partial charge on any atom is 0.265 e. The standard InChI is InChI=1S/C24H36N4O3S2/c1-6-19-9-7-8-12-28(19)33(30,31)21-15-20(26(5)18(21)4)23-25-17(3)22(32-23)24(29)27-13-10-16(2)11-14-27/h15-16,19H,6-14H2,1-5H3. The van der Waals surface area contributed by atoms with E-state index < -0.39 is 10.0 Å². The molecule has 0 aliphatic carbocycles. The van der Waals surface area contributed by atoms with Crippen molar-refractivity contribution in [3.8, 4) is 10.7 Å². The molecule has 0 spiro atoms. The molecule has 2 aromatic heterocycles. The first-order valence-corrected chi connectivity index (χ1v) is 14.4. The van der Waals surface area contributed by atoms with Crippen LogP contribution in [0.2, 0.25) is 0 Å². The quantitative estimate of drug-likeness (QED) is 0.612. The van der Waals surface area contributed by atoms with E-state index >= 15 is 0 Å². The van der Waals surface area contributed by atoms with E-state index in [2.05, 4.69) is 13.8 Å². The van der Waals surface area contributed by atoms with Crippen molar-refractivity contribution >= 4 is 27.3 Å². The molecule has 9 heteroatoms. The monoisotopic (exact) mass is 492 g/mol. The summed E-state index contributed by atoms with van der Waals surface area (Å²) in [6.45, 7) is 10.2. The fourth-order valence-corrected chi connectivity index (χ4v) is 8.15. The molecule has 0 radical (unpaired) electrons. The molecule has 0 saturated carbocycles. The number of hydrogen-bond donors (Lipinski definition) is 0. The number of hydrogen-bond acceptors (Lipinski definition) is 5. The second-order valence-corrected chi connectivity index (χ2v) is 12.5. The lowest BCUT2D eigenvalue weighted by atomic mass is 9.99. The van der Waals surface area contributed by atoms with E-state index in [-0.39, 0.29) is 11.9 Å². The van der Waals surface area contributed by atoms with Crippen molar-refractivity contribution in [1.29, 1.82) is 0 Å². The summed E-state index contributed by atoms with van der Waals surface area (Å²) in [5, 5.41) is 0.693. The summed E-state index contributed by atoms with van der Waals surface area (Å²) in [4.78, 5) is 20.8. The summed E-state index contributed by atoms with van der Waals surface area (Å²) in [7, 11) is -1.72. The van der Waals surface area contributed by atoms with Gasteiger partial charge in [-0.2, -0.15) is 4.31 Å². The van der Waals surface area contributed by atoms with Crippen LogP contribution in [0.4, 0.5) is 0 Å². The Labute approximate surface area is 201 Å². The fraction of sp³-hybridized carbons (Fsp3) is 0.667. The Morgan fingerprint density at radius 2 is 1.85 bits per heavy atom. The van der Waals surface area contributed by atoms with E-state index in [1.54, 1.807) is 10.4 Å². The summed E-state index contributed by atoms with van der Waals surface area (Å²) >= 11 is 1.37. The van der Waals surface area contributed by atoms with Crippen LogP contribution in [0, 0.1) is 19.8 Å². The zero-order valence-corrected chi connectivity index (χ0v) is 22.1. The highest BCUT2D eigenvalue weighted by atomic mass is 32.2. The van der Waals surface area contributed by atoms with Gasteiger partial charge >= 0.3 is 0 Å². The molecule has 1 atom stereocenters. The van der Waals surface area contributed by atoms with E-state index in [0.717, 1.165) is 57.3 Å². The van der Waals surface area contributed by atoms with Gasteiger partial charge in [-0.3, -0.25) is 4.79 Å². The van der Waals surface area contributed by atoms with Gasteiger partial charge in [0.2, 0.25) is 10.0 Å². The fourth-order valence-electron chi connectivity index (χ4n) is 5.02. The van der Waals surface area contributed by atoms with Gasteiger partial charge in [0, 0.05) is 38.4 Å². The molecular weight excluding hydrogens is 456 g/mol. The van der Waals surface area contributed by atoms with Gasteiger partial charge in [0.25, 0.3) is 5.91 Å². The summed E-state index contributed by atoms with van der Waals surface area (Å²) in [5.74, 6) is 0.701. The average molecular weight is 493 g/mol. The third-order valence-corrected chi connectivity index (χ3v) is 10.6. The molecule has 0 aromatic carbocycles. The Balaban J connectivity index is 1.66. The topological polar surface area (TPSA) is 75.5 Å². The number of thiazole rings is 1. The lowest BCUT2D eigenvalue weighted by Crippen LogP contribution is -2.43. The Kier molecular flexibility index (Phi) is 7.03. The molecule has 2 fully saturated rings. The van der Waals surface area contributed by atoms with Crippen LogP contribution >= 0.6 is 11.3 Å². The predicted octanol–water partition coefficient (Wildman–Crippen LogP) is 4.59. The van der Waals surface area contributed by atoms with Crippen LogP contribution in [0.3, 0.4) is 0 Å².